The maximum absolute atomic E-state index is 12.1. The van der Waals surface area contributed by atoms with Gasteiger partial charge in [-0.3, -0.25) is 9.59 Å². The molecule has 0 bridgehead atoms. The number of rotatable bonds is 6. The Morgan fingerprint density at radius 3 is 2.73 bits per heavy atom. The summed E-state index contributed by atoms with van der Waals surface area (Å²) in [5.74, 6) is -0.0150. The zero-order chi connectivity index (χ0) is 15.9. The molecule has 1 fully saturated rings. The summed E-state index contributed by atoms with van der Waals surface area (Å²) in [6, 6.07) is 6.91. The minimum atomic E-state index is -0.148. The van der Waals surface area contributed by atoms with Crippen LogP contribution in [0.25, 0.3) is 0 Å². The van der Waals surface area contributed by atoms with Gasteiger partial charge in [0, 0.05) is 42.7 Å². The first-order valence-electron chi connectivity index (χ1n) is 7.65. The Hall–Kier alpha value is -1.59. The molecule has 0 radical (unpaired) electrons. The molecule has 22 heavy (non-hydrogen) atoms. The van der Waals surface area contributed by atoms with E-state index in [-0.39, 0.29) is 17.9 Å². The molecule has 1 saturated heterocycles. The summed E-state index contributed by atoms with van der Waals surface area (Å²) in [6.45, 7) is 1.81. The van der Waals surface area contributed by atoms with Crippen molar-refractivity contribution >= 4 is 23.4 Å². The highest BCUT2D eigenvalue weighted by Crippen LogP contribution is 2.17. The molecule has 1 aliphatic rings. The lowest BCUT2D eigenvalue weighted by atomic mass is 10.2. The van der Waals surface area contributed by atoms with Crippen molar-refractivity contribution in [2.24, 2.45) is 5.73 Å². The number of benzene rings is 1. The van der Waals surface area contributed by atoms with Crippen molar-refractivity contribution in [2.75, 3.05) is 19.6 Å². The minimum Gasteiger partial charge on any atom is -0.352 e. The van der Waals surface area contributed by atoms with E-state index in [9.17, 15) is 9.59 Å². The van der Waals surface area contributed by atoms with Crippen LogP contribution in [-0.2, 0) is 4.79 Å². The van der Waals surface area contributed by atoms with Crippen LogP contribution in [-0.4, -0.2) is 42.4 Å². The molecule has 0 aliphatic carbocycles. The fourth-order valence-electron chi connectivity index (χ4n) is 2.70. The summed E-state index contributed by atoms with van der Waals surface area (Å²) in [5.41, 5.74) is 6.24. The standard InChI is InChI=1S/C16H22ClN3O2/c17-13-7-5-12(6-8-13)16(22)19-9-1-4-15(21)20-10-2-3-14(20)11-18/h5-8,14H,1-4,9-11,18H2,(H,19,22). The highest BCUT2D eigenvalue weighted by Gasteiger charge is 2.26. The Morgan fingerprint density at radius 2 is 2.05 bits per heavy atom. The second kappa shape index (κ2) is 8.15. The molecule has 1 aliphatic heterocycles. The number of carbonyl (C=O) groups excluding carboxylic acids is 2. The summed E-state index contributed by atoms with van der Waals surface area (Å²) in [4.78, 5) is 25.9. The molecule has 1 heterocycles. The van der Waals surface area contributed by atoms with E-state index in [1.165, 1.54) is 0 Å². The summed E-state index contributed by atoms with van der Waals surface area (Å²) in [6.07, 6.45) is 3.10. The second-order valence-corrected chi connectivity index (χ2v) is 5.92. The van der Waals surface area contributed by atoms with Crippen molar-refractivity contribution in [1.82, 2.24) is 10.2 Å². The van der Waals surface area contributed by atoms with Gasteiger partial charge in [-0.25, -0.2) is 0 Å². The third kappa shape index (κ3) is 4.45. The Morgan fingerprint density at radius 1 is 1.32 bits per heavy atom. The van der Waals surface area contributed by atoms with Crippen LogP contribution < -0.4 is 11.1 Å². The zero-order valence-electron chi connectivity index (χ0n) is 12.6. The molecule has 5 nitrogen and oxygen atoms in total. The third-order valence-electron chi connectivity index (χ3n) is 3.93. The Labute approximate surface area is 135 Å². The number of amides is 2. The maximum Gasteiger partial charge on any atom is 0.251 e. The van der Waals surface area contributed by atoms with E-state index in [0.717, 1.165) is 19.4 Å². The van der Waals surface area contributed by atoms with Crippen LogP contribution in [0.2, 0.25) is 5.02 Å². The monoisotopic (exact) mass is 323 g/mol. The van der Waals surface area contributed by atoms with Gasteiger partial charge in [0.05, 0.1) is 0 Å². The molecule has 0 saturated carbocycles. The molecule has 1 aromatic carbocycles. The van der Waals surface area contributed by atoms with Gasteiger partial charge in [-0.1, -0.05) is 11.6 Å². The van der Waals surface area contributed by atoms with E-state index in [2.05, 4.69) is 5.32 Å². The van der Waals surface area contributed by atoms with Crippen LogP contribution in [0, 0.1) is 0 Å². The smallest absolute Gasteiger partial charge is 0.251 e. The van der Waals surface area contributed by atoms with Gasteiger partial charge in [-0.05, 0) is 43.5 Å². The third-order valence-corrected chi connectivity index (χ3v) is 4.18. The molecule has 1 atom stereocenters. The van der Waals surface area contributed by atoms with Crippen molar-refractivity contribution in [3.8, 4) is 0 Å². The lowest BCUT2D eigenvalue weighted by Crippen LogP contribution is -2.40. The van der Waals surface area contributed by atoms with E-state index >= 15 is 0 Å². The molecule has 1 unspecified atom stereocenters. The summed E-state index contributed by atoms with van der Waals surface area (Å²) in [5, 5.41) is 3.41. The highest BCUT2D eigenvalue weighted by atomic mass is 35.5. The van der Waals surface area contributed by atoms with Crippen LogP contribution >= 0.6 is 11.6 Å². The molecular weight excluding hydrogens is 302 g/mol. The van der Waals surface area contributed by atoms with E-state index < -0.39 is 0 Å². The van der Waals surface area contributed by atoms with Crippen LogP contribution in [0.4, 0.5) is 0 Å². The van der Waals surface area contributed by atoms with Crippen molar-refractivity contribution in [3.63, 3.8) is 0 Å². The number of hydrogen-bond acceptors (Lipinski definition) is 3. The van der Waals surface area contributed by atoms with Crippen molar-refractivity contribution < 1.29 is 9.59 Å². The average molecular weight is 324 g/mol. The topological polar surface area (TPSA) is 75.4 Å². The number of likely N-dealkylation sites (tertiary alicyclic amines) is 1. The number of nitrogens with zero attached hydrogens (tertiary/aromatic N) is 1. The van der Waals surface area contributed by atoms with Gasteiger partial charge in [-0.2, -0.15) is 0 Å². The Bertz CT molecular complexity index is 519. The first-order valence-corrected chi connectivity index (χ1v) is 8.03. The normalized spacial score (nSPS) is 17.5. The molecule has 1 aromatic rings. The van der Waals surface area contributed by atoms with Gasteiger partial charge in [-0.15, -0.1) is 0 Å². The predicted molar refractivity (Wildman–Crippen MR) is 86.8 cm³/mol. The summed E-state index contributed by atoms with van der Waals surface area (Å²) in [7, 11) is 0. The van der Waals surface area contributed by atoms with Crippen LogP contribution in [0.15, 0.2) is 24.3 Å². The van der Waals surface area contributed by atoms with Crippen molar-refractivity contribution in [2.45, 2.75) is 31.7 Å². The second-order valence-electron chi connectivity index (χ2n) is 5.49. The molecule has 6 heteroatoms. The lowest BCUT2D eigenvalue weighted by Gasteiger charge is -2.23. The fourth-order valence-corrected chi connectivity index (χ4v) is 2.82. The van der Waals surface area contributed by atoms with Gasteiger partial charge in [0.25, 0.3) is 5.91 Å². The number of nitrogens with two attached hydrogens (primary N) is 1. The highest BCUT2D eigenvalue weighted by molar-refractivity contribution is 6.30. The molecule has 0 spiro atoms. The molecular formula is C16H22ClN3O2. The molecule has 0 aromatic heterocycles. The Kier molecular flexibility index (Phi) is 6.21. The van der Waals surface area contributed by atoms with Gasteiger partial charge >= 0.3 is 0 Å². The van der Waals surface area contributed by atoms with Gasteiger partial charge in [0.15, 0.2) is 0 Å². The molecule has 3 N–H and O–H groups in total. The SMILES string of the molecule is NCC1CCCN1C(=O)CCCNC(=O)c1ccc(Cl)cc1. The van der Waals surface area contributed by atoms with Gasteiger partial charge < -0.3 is 16.0 Å². The quantitative estimate of drug-likeness (QED) is 0.784. The van der Waals surface area contributed by atoms with Crippen LogP contribution in [0.5, 0.6) is 0 Å². The predicted octanol–water partition coefficient (Wildman–Crippen LogP) is 1.80. The van der Waals surface area contributed by atoms with Gasteiger partial charge in [0.2, 0.25) is 5.91 Å². The fraction of sp³-hybridized carbons (Fsp3) is 0.500. The summed E-state index contributed by atoms with van der Waals surface area (Å²) >= 11 is 5.78. The first kappa shape index (κ1) is 16.8. The first-order chi connectivity index (χ1) is 10.6. The largest absolute Gasteiger partial charge is 0.352 e. The van der Waals surface area contributed by atoms with E-state index in [0.29, 0.717) is 36.5 Å². The van der Waals surface area contributed by atoms with Crippen molar-refractivity contribution in [3.05, 3.63) is 34.9 Å². The maximum atomic E-state index is 12.1. The molecule has 2 amide bonds. The van der Waals surface area contributed by atoms with Crippen LogP contribution in [0.1, 0.15) is 36.0 Å². The van der Waals surface area contributed by atoms with Gasteiger partial charge in [0.1, 0.15) is 0 Å². The van der Waals surface area contributed by atoms with E-state index in [4.69, 9.17) is 17.3 Å². The van der Waals surface area contributed by atoms with E-state index in [1.54, 1.807) is 24.3 Å². The molecule has 120 valence electrons. The van der Waals surface area contributed by atoms with Crippen LogP contribution in [0.3, 0.4) is 0 Å². The van der Waals surface area contributed by atoms with Crippen molar-refractivity contribution in [1.29, 1.82) is 0 Å². The summed E-state index contributed by atoms with van der Waals surface area (Å²) < 4.78 is 0. The average Bonchev–Trinajstić information content (AvgIpc) is 3.00. The number of nitrogens with one attached hydrogen (secondary N) is 1. The Balaban J connectivity index is 1.69. The van der Waals surface area contributed by atoms with E-state index in [1.807, 2.05) is 4.90 Å². The lowest BCUT2D eigenvalue weighted by molar-refractivity contribution is -0.131. The number of hydrogen-bond donors (Lipinski definition) is 2. The zero-order valence-corrected chi connectivity index (χ0v) is 13.3. The molecule has 2 rings (SSSR count). The minimum absolute atomic E-state index is 0.133. The number of carbonyl (C=O) groups is 2. The number of halogens is 1.